The van der Waals surface area contributed by atoms with Crippen LogP contribution in [0.15, 0.2) is 75.2 Å². The molecule has 1 aliphatic rings. The molecule has 162 valence electrons. The molecule has 31 heavy (non-hydrogen) atoms. The number of hydrogen-bond donors (Lipinski definition) is 0. The van der Waals surface area contributed by atoms with Gasteiger partial charge in [-0.15, -0.1) is 10.2 Å². The normalized spacial score (nSPS) is 16.2. The van der Waals surface area contributed by atoms with Crippen LogP contribution in [0.1, 0.15) is 6.92 Å². The molecule has 1 unspecified atom stereocenters. The molecule has 10 heteroatoms. The Morgan fingerprint density at radius 2 is 1.58 bits per heavy atom. The third-order valence-electron chi connectivity index (χ3n) is 4.98. The maximum Gasteiger partial charge on any atom is 0.277 e. The van der Waals surface area contributed by atoms with Gasteiger partial charge in [0, 0.05) is 31.7 Å². The number of piperazine rings is 1. The predicted octanol–water partition coefficient (Wildman–Crippen LogP) is 2.75. The van der Waals surface area contributed by atoms with Crippen LogP contribution in [0.3, 0.4) is 0 Å². The Morgan fingerprint density at radius 1 is 0.968 bits per heavy atom. The highest BCUT2D eigenvalue weighted by Gasteiger charge is 2.32. The number of hydrogen-bond acceptors (Lipinski definition) is 7. The zero-order chi connectivity index (χ0) is 21.8. The molecule has 8 nitrogen and oxygen atoms in total. The van der Waals surface area contributed by atoms with E-state index < -0.39 is 15.3 Å². The molecule has 4 rings (SSSR count). The fourth-order valence-electron chi connectivity index (χ4n) is 3.30. The van der Waals surface area contributed by atoms with E-state index in [9.17, 15) is 13.2 Å². The van der Waals surface area contributed by atoms with Crippen molar-refractivity contribution in [1.29, 1.82) is 0 Å². The monoisotopic (exact) mass is 458 g/mol. The molecular weight excluding hydrogens is 436 g/mol. The molecule has 0 saturated carbocycles. The Balaban J connectivity index is 1.34. The third kappa shape index (κ3) is 4.81. The molecule has 0 spiro atoms. The topological polar surface area (TPSA) is 96.6 Å². The number of aromatic nitrogens is 2. The van der Waals surface area contributed by atoms with Crippen molar-refractivity contribution in [2.24, 2.45) is 0 Å². The molecule has 0 N–H and O–H groups in total. The fourth-order valence-corrected chi connectivity index (χ4v) is 5.51. The zero-order valence-electron chi connectivity index (χ0n) is 16.9. The Labute approximate surface area is 185 Å². The lowest BCUT2D eigenvalue weighted by Crippen LogP contribution is -2.52. The first kappa shape index (κ1) is 21.5. The number of carbonyl (C=O) groups is 1. The Morgan fingerprint density at radius 3 is 2.23 bits per heavy atom. The maximum atomic E-state index is 12.9. The lowest BCUT2D eigenvalue weighted by molar-refractivity contribution is -0.131. The summed E-state index contributed by atoms with van der Waals surface area (Å²) in [4.78, 5) is 14.8. The van der Waals surface area contributed by atoms with Crippen molar-refractivity contribution in [3.8, 4) is 11.5 Å². The molecule has 1 atom stereocenters. The molecule has 1 aliphatic heterocycles. The van der Waals surface area contributed by atoms with Gasteiger partial charge in [-0.25, -0.2) is 8.42 Å². The van der Waals surface area contributed by atoms with Crippen LogP contribution >= 0.6 is 11.8 Å². The average Bonchev–Trinajstić information content (AvgIpc) is 3.28. The second kappa shape index (κ2) is 9.21. The van der Waals surface area contributed by atoms with Gasteiger partial charge in [0.15, 0.2) is 0 Å². The van der Waals surface area contributed by atoms with Crippen molar-refractivity contribution < 1.29 is 17.6 Å². The van der Waals surface area contributed by atoms with Gasteiger partial charge in [0.25, 0.3) is 5.22 Å². The Bertz CT molecular complexity index is 1130. The lowest BCUT2D eigenvalue weighted by atomic mass is 10.2. The highest BCUT2D eigenvalue weighted by Crippen LogP contribution is 2.27. The number of thioether (sulfide) groups is 1. The van der Waals surface area contributed by atoms with E-state index in [1.807, 2.05) is 30.3 Å². The summed E-state index contributed by atoms with van der Waals surface area (Å²) in [6, 6.07) is 17.8. The van der Waals surface area contributed by atoms with E-state index >= 15 is 0 Å². The van der Waals surface area contributed by atoms with Crippen LogP contribution in [0.5, 0.6) is 0 Å². The first-order valence-electron chi connectivity index (χ1n) is 9.85. The quantitative estimate of drug-likeness (QED) is 0.524. The van der Waals surface area contributed by atoms with E-state index in [0.29, 0.717) is 24.2 Å². The lowest BCUT2D eigenvalue weighted by Gasteiger charge is -2.35. The number of amides is 1. The first-order chi connectivity index (χ1) is 14.9. The largest absolute Gasteiger partial charge is 0.411 e. The molecule has 1 fully saturated rings. The van der Waals surface area contributed by atoms with Crippen LogP contribution in [-0.4, -0.2) is 65.2 Å². The minimum absolute atomic E-state index is 0.0822. The van der Waals surface area contributed by atoms with Gasteiger partial charge in [-0.3, -0.25) is 4.79 Å². The van der Waals surface area contributed by atoms with Gasteiger partial charge in [-0.1, -0.05) is 48.2 Å². The van der Waals surface area contributed by atoms with Crippen LogP contribution in [-0.2, 0) is 14.8 Å². The maximum absolute atomic E-state index is 12.9. The van der Waals surface area contributed by atoms with Crippen LogP contribution in [0, 0.1) is 0 Å². The van der Waals surface area contributed by atoms with Gasteiger partial charge in [0.1, 0.15) is 0 Å². The minimum atomic E-state index is -3.55. The van der Waals surface area contributed by atoms with Gasteiger partial charge in [0.2, 0.25) is 21.8 Å². The summed E-state index contributed by atoms with van der Waals surface area (Å²) in [7, 11) is -3.55. The Kier molecular flexibility index (Phi) is 6.40. The van der Waals surface area contributed by atoms with Crippen LogP contribution in [0.2, 0.25) is 0 Å². The van der Waals surface area contributed by atoms with Crippen molar-refractivity contribution in [3.63, 3.8) is 0 Å². The number of rotatable bonds is 6. The third-order valence-corrected chi connectivity index (χ3v) is 7.82. The fraction of sp³-hybridized carbons (Fsp3) is 0.286. The van der Waals surface area contributed by atoms with Gasteiger partial charge >= 0.3 is 0 Å². The molecule has 1 aromatic heterocycles. The summed E-state index contributed by atoms with van der Waals surface area (Å²) in [5, 5.41) is 7.96. The van der Waals surface area contributed by atoms with E-state index in [1.54, 1.807) is 42.2 Å². The molecule has 2 aromatic carbocycles. The van der Waals surface area contributed by atoms with Gasteiger partial charge < -0.3 is 9.32 Å². The van der Waals surface area contributed by atoms with Crippen LogP contribution in [0.4, 0.5) is 0 Å². The summed E-state index contributed by atoms with van der Waals surface area (Å²) in [5.41, 5.74) is 0.816. The van der Waals surface area contributed by atoms with E-state index in [-0.39, 0.29) is 23.9 Å². The number of nitrogens with zero attached hydrogens (tertiary/aromatic N) is 4. The number of benzene rings is 2. The van der Waals surface area contributed by atoms with E-state index in [0.717, 1.165) is 5.56 Å². The first-order valence-corrected chi connectivity index (χ1v) is 12.2. The number of carbonyl (C=O) groups excluding carboxylic acids is 1. The summed E-state index contributed by atoms with van der Waals surface area (Å²) in [6.07, 6.45) is 0. The van der Waals surface area contributed by atoms with Crippen molar-refractivity contribution in [1.82, 2.24) is 19.4 Å². The summed E-state index contributed by atoms with van der Waals surface area (Å²) in [5.74, 6) is 0.323. The second-order valence-corrected chi connectivity index (χ2v) is 10.3. The molecule has 0 bridgehead atoms. The van der Waals surface area contributed by atoms with Crippen molar-refractivity contribution in [2.75, 3.05) is 26.2 Å². The molecule has 3 aromatic rings. The SMILES string of the molecule is CC(Sc1nnc(-c2ccccc2)o1)C(=O)N1CCN(S(=O)(=O)c2ccccc2)CC1. The summed E-state index contributed by atoms with van der Waals surface area (Å²) in [6.45, 7) is 2.99. The molecule has 2 heterocycles. The molecular formula is C21H22N4O4S2. The van der Waals surface area contributed by atoms with Crippen molar-refractivity contribution in [2.45, 2.75) is 22.3 Å². The van der Waals surface area contributed by atoms with E-state index in [2.05, 4.69) is 10.2 Å². The number of sulfonamides is 1. The molecule has 0 aliphatic carbocycles. The second-order valence-electron chi connectivity index (χ2n) is 7.04. The molecule has 1 amide bonds. The van der Waals surface area contributed by atoms with Crippen molar-refractivity contribution >= 4 is 27.7 Å². The molecule has 1 saturated heterocycles. The zero-order valence-corrected chi connectivity index (χ0v) is 18.6. The van der Waals surface area contributed by atoms with Crippen LogP contribution in [0.25, 0.3) is 11.5 Å². The minimum Gasteiger partial charge on any atom is -0.411 e. The van der Waals surface area contributed by atoms with E-state index in [1.165, 1.54) is 16.1 Å². The predicted molar refractivity (Wildman–Crippen MR) is 117 cm³/mol. The average molecular weight is 459 g/mol. The smallest absolute Gasteiger partial charge is 0.277 e. The standard InChI is InChI=1S/C21H22N4O4S2/c1-16(30-21-23-22-19(29-21)17-8-4-2-5-9-17)20(26)24-12-14-25(15-13-24)31(27,28)18-10-6-3-7-11-18/h2-11,16H,12-15H2,1H3. The highest BCUT2D eigenvalue weighted by atomic mass is 32.2. The van der Waals surface area contributed by atoms with Gasteiger partial charge in [-0.05, 0) is 31.2 Å². The van der Waals surface area contributed by atoms with Crippen molar-refractivity contribution in [3.05, 3.63) is 60.7 Å². The summed E-state index contributed by atoms with van der Waals surface area (Å²) >= 11 is 1.20. The van der Waals surface area contributed by atoms with Gasteiger partial charge in [-0.2, -0.15) is 4.31 Å². The van der Waals surface area contributed by atoms with Crippen LogP contribution < -0.4 is 0 Å². The highest BCUT2D eigenvalue weighted by molar-refractivity contribution is 8.00. The molecule has 0 radical (unpaired) electrons. The Hall–Kier alpha value is -2.69. The van der Waals surface area contributed by atoms with E-state index in [4.69, 9.17) is 4.42 Å². The van der Waals surface area contributed by atoms with Gasteiger partial charge in [0.05, 0.1) is 10.1 Å². The summed E-state index contributed by atoms with van der Waals surface area (Å²) < 4.78 is 32.6.